The van der Waals surface area contributed by atoms with E-state index in [4.69, 9.17) is 4.74 Å². The van der Waals surface area contributed by atoms with E-state index in [1.54, 1.807) is 6.07 Å². The number of hydrogen-bond donors (Lipinski definition) is 5. The first-order valence-electron chi connectivity index (χ1n) is 17.0. The summed E-state index contributed by atoms with van der Waals surface area (Å²) >= 11 is 1.10. The number of fused-ring (bicyclic) bond motifs is 1. The number of allylic oxidation sites excluding steroid dienone is 1. The van der Waals surface area contributed by atoms with Crippen molar-refractivity contribution in [2.45, 2.75) is 89.4 Å². The minimum Gasteiger partial charge on any atom is -0.507 e. The zero-order valence-corrected chi connectivity index (χ0v) is 29.0. The van der Waals surface area contributed by atoms with E-state index >= 15 is 0 Å². The maximum atomic E-state index is 14.9. The molecule has 10 heteroatoms. The van der Waals surface area contributed by atoms with Crippen LogP contribution in [0.15, 0.2) is 26.1 Å². The number of aliphatic hydroxyl groups is 3. The molecule has 0 aliphatic heterocycles. The summed E-state index contributed by atoms with van der Waals surface area (Å²) in [5, 5.41) is 51.0. The highest BCUT2D eigenvalue weighted by molar-refractivity contribution is 7.99. The van der Waals surface area contributed by atoms with Crippen molar-refractivity contribution < 1.29 is 30.0 Å². The van der Waals surface area contributed by atoms with Crippen molar-refractivity contribution >= 4 is 72.4 Å². The van der Waals surface area contributed by atoms with E-state index in [2.05, 4.69) is 5.32 Å². The van der Waals surface area contributed by atoms with Gasteiger partial charge in [0, 0.05) is 44.9 Å². The van der Waals surface area contributed by atoms with Gasteiger partial charge in [0.25, 0.3) is 0 Å². The SMILES string of the molecule is CCCc1c(O)c2c(=O)c(SCCO)c(CO)c3c4c(CO)cc(NC5CCCC5)c5c(=O)c(OC)c6c(c(c1C=C(C)C6C(C)=O)c23)c54. The Morgan fingerprint density at radius 3 is 2.27 bits per heavy atom. The number of ketones is 1. The number of aromatic hydroxyl groups is 1. The smallest absolute Gasteiger partial charge is 0.230 e. The van der Waals surface area contributed by atoms with E-state index in [0.717, 1.165) is 37.4 Å². The minimum absolute atomic E-state index is 0.0436. The summed E-state index contributed by atoms with van der Waals surface area (Å²) in [5.41, 5.74) is 2.76. The third-order valence-corrected chi connectivity index (χ3v) is 11.7. The molecular weight excluding hydrogens is 642 g/mol. The van der Waals surface area contributed by atoms with Crippen LogP contribution in [0.3, 0.4) is 0 Å². The minimum atomic E-state index is -0.858. The molecule has 5 N–H and O–H groups in total. The van der Waals surface area contributed by atoms with Crippen LogP contribution >= 0.6 is 11.8 Å². The van der Waals surface area contributed by atoms with Crippen LogP contribution < -0.4 is 20.9 Å². The molecule has 5 aromatic rings. The Hall–Kier alpha value is -3.96. The molecule has 1 fully saturated rings. The number of phenolic OH excluding ortho intramolecular Hbond substituents is 1. The number of benzene rings is 5. The molecule has 2 aliphatic carbocycles. The Morgan fingerprint density at radius 1 is 0.939 bits per heavy atom. The monoisotopic (exact) mass is 683 g/mol. The summed E-state index contributed by atoms with van der Waals surface area (Å²) in [5.74, 6) is -0.997. The van der Waals surface area contributed by atoms with Crippen molar-refractivity contribution in [3.63, 3.8) is 0 Å². The summed E-state index contributed by atoms with van der Waals surface area (Å²) in [6, 6.07) is 1.90. The van der Waals surface area contributed by atoms with E-state index < -0.39 is 30.0 Å². The number of nitrogens with one attached hydrogen (secondary N) is 1. The summed E-state index contributed by atoms with van der Waals surface area (Å²) < 4.78 is 5.95. The lowest BCUT2D eigenvalue weighted by molar-refractivity contribution is -0.117. The summed E-state index contributed by atoms with van der Waals surface area (Å²) in [6.07, 6.45) is 6.96. The van der Waals surface area contributed by atoms with Gasteiger partial charge < -0.3 is 30.5 Å². The van der Waals surface area contributed by atoms with Crippen molar-refractivity contribution in [1.82, 2.24) is 0 Å². The highest BCUT2D eigenvalue weighted by Gasteiger charge is 2.37. The van der Waals surface area contributed by atoms with Crippen molar-refractivity contribution in [3.8, 4) is 11.5 Å². The molecule has 1 saturated carbocycles. The van der Waals surface area contributed by atoms with Gasteiger partial charge in [-0.15, -0.1) is 11.8 Å². The zero-order chi connectivity index (χ0) is 34.9. The molecule has 0 bridgehead atoms. The Morgan fingerprint density at radius 2 is 1.65 bits per heavy atom. The summed E-state index contributed by atoms with van der Waals surface area (Å²) in [6.45, 7) is 4.13. The second kappa shape index (κ2) is 12.7. The third-order valence-electron chi connectivity index (χ3n) is 10.6. The maximum absolute atomic E-state index is 14.9. The van der Waals surface area contributed by atoms with Gasteiger partial charge in [0.2, 0.25) is 10.9 Å². The van der Waals surface area contributed by atoms with Crippen LogP contribution in [0.2, 0.25) is 0 Å². The normalized spacial score (nSPS) is 16.5. The fraction of sp³-hybridized carbons (Fsp3) is 0.410. The van der Waals surface area contributed by atoms with Crippen LogP contribution in [0.4, 0.5) is 5.69 Å². The zero-order valence-electron chi connectivity index (χ0n) is 28.2. The van der Waals surface area contributed by atoms with Crippen LogP contribution in [0.5, 0.6) is 11.5 Å². The first-order valence-corrected chi connectivity index (χ1v) is 18.0. The number of rotatable bonds is 11. The number of methoxy groups -OCH3 is 1. The number of Topliss-reactive ketones (excluding diaryl/α,β-unsaturated/α-hetero) is 1. The highest BCUT2D eigenvalue weighted by atomic mass is 32.2. The summed E-state index contributed by atoms with van der Waals surface area (Å²) in [7, 11) is 1.43. The topological polar surface area (TPSA) is 153 Å². The largest absolute Gasteiger partial charge is 0.507 e. The molecule has 0 saturated heterocycles. The molecule has 9 nitrogen and oxygen atoms in total. The lowest BCUT2D eigenvalue weighted by Gasteiger charge is -2.27. The molecule has 0 aromatic heterocycles. The van der Waals surface area contributed by atoms with E-state index in [9.17, 15) is 34.8 Å². The molecular formula is C39H41NO8S. The Bertz CT molecular complexity index is 2330. The third kappa shape index (κ3) is 4.75. The molecule has 0 radical (unpaired) electrons. The lowest BCUT2D eigenvalue weighted by Crippen LogP contribution is -2.21. The quantitative estimate of drug-likeness (QED) is 0.0630. The molecule has 256 valence electrons. The van der Waals surface area contributed by atoms with Crippen molar-refractivity contribution in [1.29, 1.82) is 0 Å². The van der Waals surface area contributed by atoms with E-state index in [0.29, 0.717) is 89.6 Å². The number of thioether (sulfide) groups is 1. The molecule has 0 heterocycles. The van der Waals surface area contributed by atoms with Crippen molar-refractivity contribution in [2.24, 2.45) is 0 Å². The number of anilines is 1. The van der Waals surface area contributed by atoms with Crippen molar-refractivity contribution in [2.75, 3.05) is 24.8 Å². The lowest BCUT2D eigenvalue weighted by atomic mass is 9.78. The van der Waals surface area contributed by atoms with E-state index in [1.165, 1.54) is 14.0 Å². The van der Waals surface area contributed by atoms with E-state index in [-0.39, 0.29) is 46.0 Å². The van der Waals surface area contributed by atoms with Gasteiger partial charge in [0.1, 0.15) is 11.5 Å². The molecule has 1 atom stereocenters. The number of hydrogen-bond acceptors (Lipinski definition) is 10. The van der Waals surface area contributed by atoms with Crippen LogP contribution in [0.1, 0.15) is 86.6 Å². The number of carbonyl (C=O) groups excluding carboxylic acids is 1. The fourth-order valence-electron chi connectivity index (χ4n) is 8.77. The van der Waals surface area contributed by atoms with Gasteiger partial charge in [0.15, 0.2) is 5.75 Å². The van der Waals surface area contributed by atoms with Crippen LogP contribution in [-0.4, -0.2) is 51.7 Å². The van der Waals surface area contributed by atoms with Crippen molar-refractivity contribution in [3.05, 3.63) is 59.9 Å². The fourth-order valence-corrected chi connectivity index (χ4v) is 9.64. The second-order valence-corrected chi connectivity index (χ2v) is 14.5. The molecule has 5 aromatic carbocycles. The van der Waals surface area contributed by atoms with Gasteiger partial charge in [-0.3, -0.25) is 14.4 Å². The molecule has 2 aliphatic rings. The molecule has 0 amide bonds. The van der Waals surface area contributed by atoms with Crippen LogP contribution in [-0.2, 0) is 24.4 Å². The number of aliphatic hydroxyl groups excluding tert-OH is 3. The molecule has 49 heavy (non-hydrogen) atoms. The predicted octanol–water partition coefficient (Wildman–Crippen LogP) is 6.08. The Kier molecular flexibility index (Phi) is 8.71. The standard InChI is InChI=1S/C39H41NO8S/c1-5-8-21-22-13-17(2)25(18(3)44)33-32-27(22)31-28(23(16-43)39(49-12-11-41)37(47)34(31)35(21)45)26-19(15-42)14-24(40-20-9-6-7-10-20)29(30(26)32)36(46)38(33)48-4/h13-14,20,25,40-43,45H,5-12,15-16H2,1-4H3. The second-order valence-electron chi connectivity index (χ2n) is 13.4. The average molecular weight is 684 g/mol. The van der Waals surface area contributed by atoms with Gasteiger partial charge in [-0.1, -0.05) is 37.8 Å². The van der Waals surface area contributed by atoms with Crippen LogP contribution in [0.25, 0.3) is 49.2 Å². The first-order chi connectivity index (χ1) is 23.6. The maximum Gasteiger partial charge on any atom is 0.230 e. The number of ether oxygens (including phenoxy) is 1. The Balaban J connectivity index is 1.91. The predicted molar refractivity (Wildman–Crippen MR) is 196 cm³/mol. The molecule has 7 rings (SSSR count). The van der Waals surface area contributed by atoms with Gasteiger partial charge >= 0.3 is 0 Å². The van der Waals surface area contributed by atoms with E-state index in [1.807, 2.05) is 19.9 Å². The molecule has 0 spiro atoms. The van der Waals surface area contributed by atoms with Crippen LogP contribution in [0, 0.1) is 0 Å². The Labute approximate surface area is 287 Å². The van der Waals surface area contributed by atoms with Gasteiger partial charge in [-0.2, -0.15) is 0 Å². The van der Waals surface area contributed by atoms with Gasteiger partial charge in [-0.25, -0.2) is 0 Å². The summed E-state index contributed by atoms with van der Waals surface area (Å²) in [4.78, 5) is 43.2. The molecule has 1 unspecified atom stereocenters. The average Bonchev–Trinajstić information content (AvgIpc) is 3.54. The van der Waals surface area contributed by atoms with Gasteiger partial charge in [-0.05, 0) is 71.8 Å². The van der Waals surface area contributed by atoms with Gasteiger partial charge in [0.05, 0.1) is 48.5 Å². The number of carbonyl (C=O) groups is 1. The number of phenols is 1. The first kappa shape index (κ1) is 33.5. The highest BCUT2D eigenvalue weighted by Crippen LogP contribution is 2.55.